The Hall–Kier alpha value is -0.920. The third kappa shape index (κ3) is 1.85. The van der Waals surface area contributed by atoms with Gasteiger partial charge in [-0.1, -0.05) is 37.6 Å². The zero-order chi connectivity index (χ0) is 11.8. The maximum Gasteiger partial charge on any atom is 0.254 e. The molecule has 0 heterocycles. The summed E-state index contributed by atoms with van der Waals surface area (Å²) in [7, 11) is 0. The lowest BCUT2D eigenvalue weighted by atomic mass is 9.89. The minimum atomic E-state index is -2.60. The van der Waals surface area contributed by atoms with Gasteiger partial charge in [-0.3, -0.25) is 0 Å². The third-order valence-electron chi connectivity index (χ3n) is 3.64. The van der Waals surface area contributed by atoms with Crippen LogP contribution in [0.15, 0.2) is 24.3 Å². The van der Waals surface area contributed by atoms with E-state index in [9.17, 15) is 8.78 Å². The smallest absolute Gasteiger partial charge is 0.206 e. The highest BCUT2D eigenvalue weighted by atomic mass is 19.3. The Morgan fingerprint density at radius 3 is 2.12 bits per heavy atom. The van der Waals surface area contributed by atoms with Crippen LogP contribution in [0, 0.1) is 0 Å². The molecule has 0 aliphatic heterocycles. The fourth-order valence-electron chi connectivity index (χ4n) is 2.39. The topological polar surface area (TPSA) is 0 Å². The first kappa shape index (κ1) is 11.6. The lowest BCUT2D eigenvalue weighted by Crippen LogP contribution is -2.29. The molecule has 0 aromatic heterocycles. The summed E-state index contributed by atoms with van der Waals surface area (Å²) >= 11 is 0. The van der Waals surface area contributed by atoms with Crippen LogP contribution in [0.3, 0.4) is 0 Å². The minimum Gasteiger partial charge on any atom is -0.206 e. The summed E-state index contributed by atoms with van der Waals surface area (Å²) in [5.41, 5.74) is 1.18. The second kappa shape index (κ2) is 3.83. The van der Waals surface area contributed by atoms with E-state index < -0.39 is 11.3 Å². The fraction of sp³-hybridized carbons (Fsp3) is 0.571. The van der Waals surface area contributed by atoms with Gasteiger partial charge in [0, 0.05) is 6.92 Å². The van der Waals surface area contributed by atoms with Crippen LogP contribution in [0.2, 0.25) is 0 Å². The van der Waals surface area contributed by atoms with Crippen LogP contribution in [-0.4, -0.2) is 5.92 Å². The van der Waals surface area contributed by atoms with Crippen molar-refractivity contribution in [1.29, 1.82) is 0 Å². The Labute approximate surface area is 95.7 Å². The molecule has 1 aliphatic carbocycles. The quantitative estimate of drug-likeness (QED) is 0.714. The van der Waals surface area contributed by atoms with Gasteiger partial charge in [-0.15, -0.1) is 0 Å². The monoisotopic (exact) mass is 224 g/mol. The van der Waals surface area contributed by atoms with Crippen LogP contribution in [0.1, 0.15) is 44.2 Å². The van der Waals surface area contributed by atoms with E-state index >= 15 is 0 Å². The van der Waals surface area contributed by atoms with Crippen LogP contribution >= 0.6 is 0 Å². The maximum absolute atomic E-state index is 13.5. The lowest BCUT2D eigenvalue weighted by Gasteiger charge is -2.23. The van der Waals surface area contributed by atoms with Gasteiger partial charge in [0.2, 0.25) is 0 Å². The van der Waals surface area contributed by atoms with E-state index in [1.807, 2.05) is 24.3 Å². The van der Waals surface area contributed by atoms with Crippen LogP contribution in [0.4, 0.5) is 8.78 Å². The molecule has 0 saturated heterocycles. The predicted molar refractivity (Wildman–Crippen MR) is 62.0 cm³/mol. The number of hydrogen-bond donors (Lipinski definition) is 0. The molecular formula is C14H18F2. The van der Waals surface area contributed by atoms with Crippen molar-refractivity contribution < 1.29 is 8.78 Å². The Bertz CT molecular complexity index is 355. The number of aryl methyl sites for hydroxylation is 1. The molecule has 0 N–H and O–H groups in total. The number of rotatable bonds is 4. The average molecular weight is 224 g/mol. The normalized spacial score (nSPS) is 18.5. The van der Waals surface area contributed by atoms with Crippen molar-refractivity contribution in [3.63, 3.8) is 0 Å². The van der Waals surface area contributed by atoms with Gasteiger partial charge in [0.05, 0.1) is 5.41 Å². The predicted octanol–water partition coefficient (Wildman–Crippen LogP) is 4.33. The van der Waals surface area contributed by atoms with Gasteiger partial charge in [0.15, 0.2) is 0 Å². The summed E-state index contributed by atoms with van der Waals surface area (Å²) < 4.78 is 27.0. The molecule has 1 aliphatic rings. The van der Waals surface area contributed by atoms with Crippen molar-refractivity contribution in [3.8, 4) is 0 Å². The standard InChI is InChI=1S/C14H18F2/c1-3-4-11-5-7-12(8-6-11)14(9-10-14)13(2,15)16/h5-8H,3-4,9-10H2,1-2H3. The van der Waals surface area contributed by atoms with Gasteiger partial charge < -0.3 is 0 Å². The van der Waals surface area contributed by atoms with Gasteiger partial charge in [-0.25, -0.2) is 8.78 Å². The molecule has 2 heteroatoms. The first-order valence-electron chi connectivity index (χ1n) is 5.97. The summed E-state index contributed by atoms with van der Waals surface area (Å²) in [6.45, 7) is 3.16. The van der Waals surface area contributed by atoms with Crippen LogP contribution in [0.25, 0.3) is 0 Å². The van der Waals surface area contributed by atoms with Crippen molar-refractivity contribution in [2.45, 2.75) is 50.9 Å². The first-order chi connectivity index (χ1) is 7.49. The summed E-state index contributed by atoms with van der Waals surface area (Å²) in [5.74, 6) is -2.60. The van der Waals surface area contributed by atoms with Crippen molar-refractivity contribution in [2.24, 2.45) is 0 Å². The molecule has 1 aromatic rings. The Morgan fingerprint density at radius 1 is 1.19 bits per heavy atom. The van der Waals surface area contributed by atoms with E-state index in [-0.39, 0.29) is 0 Å². The van der Waals surface area contributed by atoms with Gasteiger partial charge in [0.1, 0.15) is 0 Å². The highest BCUT2D eigenvalue weighted by Gasteiger charge is 2.59. The number of benzene rings is 1. The molecule has 1 saturated carbocycles. The molecule has 0 spiro atoms. The van der Waals surface area contributed by atoms with Crippen LogP contribution in [0.5, 0.6) is 0 Å². The average Bonchev–Trinajstić information content (AvgIpc) is 2.99. The molecule has 0 bridgehead atoms. The molecule has 16 heavy (non-hydrogen) atoms. The van der Waals surface area contributed by atoms with Crippen LogP contribution < -0.4 is 0 Å². The van der Waals surface area contributed by atoms with Crippen molar-refractivity contribution in [3.05, 3.63) is 35.4 Å². The van der Waals surface area contributed by atoms with E-state index in [0.29, 0.717) is 12.8 Å². The Balaban J connectivity index is 2.22. The van der Waals surface area contributed by atoms with E-state index in [4.69, 9.17) is 0 Å². The maximum atomic E-state index is 13.5. The molecule has 88 valence electrons. The molecule has 1 fully saturated rings. The van der Waals surface area contributed by atoms with Crippen LogP contribution in [-0.2, 0) is 11.8 Å². The van der Waals surface area contributed by atoms with E-state index in [1.54, 1.807) is 0 Å². The molecule has 2 rings (SSSR count). The summed E-state index contributed by atoms with van der Waals surface area (Å²) in [6.07, 6.45) is 3.34. The van der Waals surface area contributed by atoms with Crippen molar-refractivity contribution in [1.82, 2.24) is 0 Å². The molecule has 0 amide bonds. The van der Waals surface area contributed by atoms with Gasteiger partial charge in [-0.05, 0) is 30.4 Å². The third-order valence-corrected chi connectivity index (χ3v) is 3.64. The highest BCUT2D eigenvalue weighted by Crippen LogP contribution is 2.57. The highest BCUT2D eigenvalue weighted by molar-refractivity contribution is 5.36. The summed E-state index contributed by atoms with van der Waals surface area (Å²) in [5, 5.41) is 0. The van der Waals surface area contributed by atoms with E-state index in [1.165, 1.54) is 5.56 Å². The zero-order valence-electron chi connectivity index (χ0n) is 9.89. The number of hydrogen-bond acceptors (Lipinski definition) is 0. The second-order valence-electron chi connectivity index (χ2n) is 4.92. The summed E-state index contributed by atoms with van der Waals surface area (Å²) in [4.78, 5) is 0. The first-order valence-corrected chi connectivity index (χ1v) is 5.97. The van der Waals surface area contributed by atoms with Gasteiger partial charge in [0.25, 0.3) is 5.92 Å². The second-order valence-corrected chi connectivity index (χ2v) is 4.92. The molecule has 0 atom stereocenters. The van der Waals surface area contributed by atoms with Crippen molar-refractivity contribution >= 4 is 0 Å². The SMILES string of the molecule is CCCc1ccc(C2(C(C)(F)F)CC2)cc1. The van der Waals surface area contributed by atoms with Gasteiger partial charge >= 0.3 is 0 Å². The molecular weight excluding hydrogens is 206 g/mol. The molecule has 0 nitrogen and oxygen atoms in total. The Kier molecular flexibility index (Phi) is 2.77. The van der Waals surface area contributed by atoms with Gasteiger partial charge in [-0.2, -0.15) is 0 Å². The van der Waals surface area contributed by atoms with E-state index in [2.05, 4.69) is 6.92 Å². The zero-order valence-corrected chi connectivity index (χ0v) is 9.89. The molecule has 1 aromatic carbocycles. The molecule has 0 unspecified atom stereocenters. The Morgan fingerprint density at radius 2 is 1.75 bits per heavy atom. The number of halogens is 2. The van der Waals surface area contributed by atoms with Crippen molar-refractivity contribution in [2.75, 3.05) is 0 Å². The fourth-order valence-corrected chi connectivity index (χ4v) is 2.39. The number of alkyl halides is 2. The summed E-state index contributed by atoms with van der Waals surface area (Å²) in [6, 6.07) is 7.75. The largest absolute Gasteiger partial charge is 0.254 e. The molecule has 0 radical (unpaired) electrons. The van der Waals surface area contributed by atoms with E-state index in [0.717, 1.165) is 25.3 Å². The minimum absolute atomic E-state index is 0.615. The lowest BCUT2D eigenvalue weighted by molar-refractivity contribution is -0.0200.